The zero-order chi connectivity index (χ0) is 22.0. The molecule has 2 aromatic heterocycles. The number of amides is 1. The molecule has 10 nitrogen and oxygen atoms in total. The standard InChI is InChI=1S/C20H16N4O6S/c1-28-16-8-7-14(31(21,26)27)11-15(16)18(25)22-13-5-2-4-12(10-13)19-23-24-20(30-19)17-6-3-9-29-17/h2-11H,1H3,(H,22,25)(H2,21,26,27). The van der Waals surface area contributed by atoms with E-state index in [1.54, 1.807) is 36.4 Å². The summed E-state index contributed by atoms with van der Waals surface area (Å²) < 4.78 is 39.3. The van der Waals surface area contributed by atoms with Crippen LogP contribution in [0.3, 0.4) is 0 Å². The molecule has 0 saturated heterocycles. The van der Waals surface area contributed by atoms with Gasteiger partial charge in [0.05, 0.1) is 23.8 Å². The normalized spacial score (nSPS) is 11.3. The fraction of sp³-hybridized carbons (Fsp3) is 0.0500. The van der Waals surface area contributed by atoms with Crippen LogP contribution in [0.2, 0.25) is 0 Å². The molecule has 31 heavy (non-hydrogen) atoms. The van der Waals surface area contributed by atoms with Gasteiger partial charge in [0.2, 0.25) is 15.9 Å². The van der Waals surface area contributed by atoms with E-state index in [1.165, 1.54) is 25.5 Å². The van der Waals surface area contributed by atoms with Crippen LogP contribution in [0.5, 0.6) is 5.75 Å². The van der Waals surface area contributed by atoms with Gasteiger partial charge < -0.3 is 18.9 Å². The van der Waals surface area contributed by atoms with E-state index in [9.17, 15) is 13.2 Å². The first-order valence-electron chi connectivity index (χ1n) is 8.85. The number of anilines is 1. The van der Waals surface area contributed by atoms with Crippen molar-refractivity contribution in [2.24, 2.45) is 5.14 Å². The van der Waals surface area contributed by atoms with E-state index in [2.05, 4.69) is 15.5 Å². The van der Waals surface area contributed by atoms with Crippen LogP contribution in [0.15, 0.2) is 74.6 Å². The molecule has 0 atom stereocenters. The number of rotatable bonds is 6. The Balaban J connectivity index is 1.60. The first-order chi connectivity index (χ1) is 14.8. The number of methoxy groups -OCH3 is 1. The Hall–Kier alpha value is -3.96. The Kier molecular flexibility index (Phi) is 5.28. The average Bonchev–Trinajstić information content (AvgIpc) is 3.44. The predicted octanol–water partition coefficient (Wildman–Crippen LogP) is 2.90. The fourth-order valence-electron chi connectivity index (χ4n) is 2.81. The molecule has 0 aliphatic heterocycles. The maximum Gasteiger partial charge on any atom is 0.283 e. The molecule has 2 aromatic carbocycles. The topological polar surface area (TPSA) is 151 Å². The van der Waals surface area contributed by atoms with Crippen LogP contribution >= 0.6 is 0 Å². The number of nitrogens with one attached hydrogen (secondary N) is 1. The van der Waals surface area contributed by atoms with Gasteiger partial charge in [-0.1, -0.05) is 6.07 Å². The van der Waals surface area contributed by atoms with Crippen LogP contribution in [0.4, 0.5) is 5.69 Å². The molecular formula is C20H16N4O6S. The second-order valence-corrected chi connectivity index (χ2v) is 7.89. The van der Waals surface area contributed by atoms with Gasteiger partial charge in [0.25, 0.3) is 11.8 Å². The van der Waals surface area contributed by atoms with E-state index in [4.69, 9.17) is 18.7 Å². The quantitative estimate of drug-likeness (QED) is 0.464. The smallest absolute Gasteiger partial charge is 0.283 e. The highest BCUT2D eigenvalue weighted by Crippen LogP contribution is 2.27. The highest BCUT2D eigenvalue weighted by atomic mass is 32.2. The molecule has 4 aromatic rings. The van der Waals surface area contributed by atoms with E-state index in [0.29, 0.717) is 17.0 Å². The second kappa shape index (κ2) is 8.05. The third-order valence-corrected chi connectivity index (χ3v) is 5.18. The molecule has 2 heterocycles. The number of aromatic nitrogens is 2. The van der Waals surface area contributed by atoms with Crippen molar-refractivity contribution in [1.82, 2.24) is 10.2 Å². The molecule has 0 fully saturated rings. The third kappa shape index (κ3) is 4.32. The van der Waals surface area contributed by atoms with Gasteiger partial charge in [-0.2, -0.15) is 0 Å². The molecule has 3 N–H and O–H groups in total. The van der Waals surface area contributed by atoms with E-state index in [1.807, 2.05) is 0 Å². The number of carbonyl (C=O) groups excluding carboxylic acids is 1. The summed E-state index contributed by atoms with van der Waals surface area (Å²) in [5, 5.41) is 15.8. The van der Waals surface area contributed by atoms with Crippen LogP contribution in [0.1, 0.15) is 10.4 Å². The summed E-state index contributed by atoms with van der Waals surface area (Å²) in [7, 11) is -2.62. The predicted molar refractivity (Wildman–Crippen MR) is 110 cm³/mol. The number of furan rings is 1. The molecule has 0 bridgehead atoms. The highest BCUT2D eigenvalue weighted by Gasteiger charge is 2.18. The molecule has 0 radical (unpaired) electrons. The van der Waals surface area contributed by atoms with Crippen molar-refractivity contribution >= 4 is 21.6 Å². The third-order valence-electron chi connectivity index (χ3n) is 4.27. The summed E-state index contributed by atoms with van der Waals surface area (Å²) in [4.78, 5) is 12.6. The van der Waals surface area contributed by atoms with Crippen LogP contribution < -0.4 is 15.2 Å². The molecule has 0 saturated carbocycles. The molecule has 0 spiro atoms. The van der Waals surface area contributed by atoms with E-state index in [0.717, 1.165) is 6.07 Å². The van der Waals surface area contributed by atoms with E-state index >= 15 is 0 Å². The van der Waals surface area contributed by atoms with Crippen molar-refractivity contribution in [3.8, 4) is 28.9 Å². The van der Waals surface area contributed by atoms with Gasteiger partial charge in [0, 0.05) is 11.3 Å². The Morgan fingerprint density at radius 2 is 1.87 bits per heavy atom. The lowest BCUT2D eigenvalue weighted by molar-refractivity contribution is 0.102. The molecule has 0 unspecified atom stereocenters. The largest absolute Gasteiger partial charge is 0.496 e. The highest BCUT2D eigenvalue weighted by molar-refractivity contribution is 7.89. The minimum atomic E-state index is -3.99. The maximum absolute atomic E-state index is 12.8. The van der Waals surface area contributed by atoms with Crippen molar-refractivity contribution in [2.45, 2.75) is 4.90 Å². The van der Waals surface area contributed by atoms with Crippen LogP contribution in [0.25, 0.3) is 23.1 Å². The van der Waals surface area contributed by atoms with Crippen LogP contribution in [-0.2, 0) is 10.0 Å². The van der Waals surface area contributed by atoms with E-state index in [-0.39, 0.29) is 28.0 Å². The molecule has 0 aliphatic rings. The monoisotopic (exact) mass is 440 g/mol. The maximum atomic E-state index is 12.8. The molecular weight excluding hydrogens is 424 g/mol. The van der Waals surface area contributed by atoms with Crippen LogP contribution in [-0.4, -0.2) is 31.6 Å². The number of ether oxygens (including phenoxy) is 1. The van der Waals surface area contributed by atoms with Crippen molar-refractivity contribution in [1.29, 1.82) is 0 Å². The van der Waals surface area contributed by atoms with Crippen molar-refractivity contribution in [2.75, 3.05) is 12.4 Å². The number of carbonyl (C=O) groups is 1. The minimum Gasteiger partial charge on any atom is -0.496 e. The minimum absolute atomic E-state index is 0.0114. The zero-order valence-electron chi connectivity index (χ0n) is 16.1. The summed E-state index contributed by atoms with van der Waals surface area (Å²) in [6.07, 6.45) is 1.49. The lowest BCUT2D eigenvalue weighted by Crippen LogP contribution is -2.16. The lowest BCUT2D eigenvalue weighted by atomic mass is 10.1. The summed E-state index contributed by atoms with van der Waals surface area (Å²) >= 11 is 0. The molecule has 11 heteroatoms. The Morgan fingerprint density at radius 1 is 1.06 bits per heavy atom. The summed E-state index contributed by atoms with van der Waals surface area (Å²) in [6.45, 7) is 0. The Morgan fingerprint density at radius 3 is 2.58 bits per heavy atom. The SMILES string of the molecule is COc1ccc(S(N)(=O)=O)cc1C(=O)Nc1cccc(-c2nnc(-c3ccco3)o2)c1. The number of nitrogens with zero attached hydrogens (tertiary/aromatic N) is 2. The zero-order valence-corrected chi connectivity index (χ0v) is 16.9. The molecule has 158 valence electrons. The number of sulfonamides is 1. The van der Waals surface area contributed by atoms with Gasteiger partial charge in [-0.25, -0.2) is 13.6 Å². The summed E-state index contributed by atoms with van der Waals surface area (Å²) in [5.41, 5.74) is 0.994. The number of benzene rings is 2. The van der Waals surface area contributed by atoms with Crippen LogP contribution in [0, 0.1) is 0 Å². The van der Waals surface area contributed by atoms with Crippen molar-refractivity contribution < 1.29 is 26.8 Å². The van der Waals surface area contributed by atoms with Gasteiger partial charge in [0.15, 0.2) is 5.76 Å². The second-order valence-electron chi connectivity index (χ2n) is 6.33. The first kappa shape index (κ1) is 20.3. The van der Waals surface area contributed by atoms with Gasteiger partial charge in [-0.05, 0) is 48.5 Å². The Bertz CT molecular complexity index is 1350. The van der Waals surface area contributed by atoms with Gasteiger partial charge >= 0.3 is 0 Å². The first-order valence-corrected chi connectivity index (χ1v) is 10.4. The average molecular weight is 440 g/mol. The lowest BCUT2D eigenvalue weighted by Gasteiger charge is -2.11. The molecule has 0 aliphatic carbocycles. The fourth-order valence-corrected chi connectivity index (χ4v) is 3.35. The summed E-state index contributed by atoms with van der Waals surface area (Å²) in [5.74, 6) is 0.502. The van der Waals surface area contributed by atoms with Gasteiger partial charge in [-0.15, -0.1) is 10.2 Å². The number of hydrogen-bond acceptors (Lipinski definition) is 8. The van der Waals surface area contributed by atoms with Crippen molar-refractivity contribution in [3.05, 3.63) is 66.4 Å². The van der Waals surface area contributed by atoms with E-state index < -0.39 is 15.9 Å². The Labute approximate surface area is 176 Å². The number of primary sulfonamides is 1. The number of hydrogen-bond donors (Lipinski definition) is 2. The van der Waals surface area contributed by atoms with Gasteiger partial charge in [0.1, 0.15) is 5.75 Å². The van der Waals surface area contributed by atoms with Gasteiger partial charge in [-0.3, -0.25) is 4.79 Å². The summed E-state index contributed by atoms with van der Waals surface area (Å²) in [6, 6.07) is 13.9. The van der Waals surface area contributed by atoms with Crippen molar-refractivity contribution in [3.63, 3.8) is 0 Å². The molecule has 1 amide bonds. The molecule has 4 rings (SSSR count). The number of nitrogens with two attached hydrogens (primary N) is 1.